The highest BCUT2D eigenvalue weighted by atomic mass is 16.1. The third kappa shape index (κ3) is 3.08. The molecule has 0 radical (unpaired) electrons. The van der Waals surface area contributed by atoms with Crippen LogP contribution in [0.3, 0.4) is 0 Å². The summed E-state index contributed by atoms with van der Waals surface area (Å²) in [5, 5.41) is 2.87. The Morgan fingerprint density at radius 3 is 2.94 bits per heavy atom. The molecule has 0 aromatic carbocycles. The summed E-state index contributed by atoms with van der Waals surface area (Å²) in [4.78, 5) is 26.4. The SMILES string of the molecule is CCn1ccnc(NC(C)CC(N)=O)c1=O. The molecule has 1 aromatic heterocycles. The second-order valence-electron chi connectivity index (χ2n) is 3.58. The summed E-state index contributed by atoms with van der Waals surface area (Å²) in [6, 6.07) is -0.203. The van der Waals surface area contributed by atoms with Gasteiger partial charge in [-0.1, -0.05) is 0 Å². The highest BCUT2D eigenvalue weighted by Gasteiger charge is 2.09. The topological polar surface area (TPSA) is 90.0 Å². The van der Waals surface area contributed by atoms with Crippen molar-refractivity contribution in [1.29, 1.82) is 0 Å². The molecule has 6 heteroatoms. The summed E-state index contributed by atoms with van der Waals surface area (Å²) in [6.07, 6.45) is 3.33. The van der Waals surface area contributed by atoms with Crippen LogP contribution in [0.25, 0.3) is 0 Å². The highest BCUT2D eigenvalue weighted by molar-refractivity contribution is 5.74. The van der Waals surface area contributed by atoms with Gasteiger partial charge in [0.25, 0.3) is 5.56 Å². The van der Waals surface area contributed by atoms with Crippen LogP contribution < -0.4 is 16.6 Å². The van der Waals surface area contributed by atoms with Crippen molar-refractivity contribution in [2.24, 2.45) is 5.73 Å². The third-order valence-corrected chi connectivity index (χ3v) is 2.14. The lowest BCUT2D eigenvalue weighted by Crippen LogP contribution is -2.30. The lowest BCUT2D eigenvalue weighted by molar-refractivity contribution is -0.118. The lowest BCUT2D eigenvalue weighted by Gasteiger charge is -2.12. The van der Waals surface area contributed by atoms with Gasteiger partial charge in [0, 0.05) is 31.4 Å². The molecule has 6 nitrogen and oxygen atoms in total. The maximum atomic E-state index is 11.7. The number of carbonyl (C=O) groups excluding carboxylic acids is 1. The van der Waals surface area contributed by atoms with Crippen molar-refractivity contribution in [2.45, 2.75) is 32.9 Å². The van der Waals surface area contributed by atoms with E-state index in [0.717, 1.165) is 0 Å². The van der Waals surface area contributed by atoms with Crippen molar-refractivity contribution in [1.82, 2.24) is 9.55 Å². The third-order valence-electron chi connectivity index (χ3n) is 2.14. The molecule has 88 valence electrons. The van der Waals surface area contributed by atoms with Crippen molar-refractivity contribution in [3.05, 3.63) is 22.7 Å². The second-order valence-corrected chi connectivity index (χ2v) is 3.58. The molecule has 1 atom stereocenters. The molecule has 1 heterocycles. The molecule has 0 bridgehead atoms. The first-order chi connectivity index (χ1) is 7.54. The Labute approximate surface area is 93.5 Å². The Morgan fingerprint density at radius 1 is 1.69 bits per heavy atom. The van der Waals surface area contributed by atoms with Crippen LogP contribution in [-0.4, -0.2) is 21.5 Å². The predicted octanol–water partition coefficient (Wildman–Crippen LogP) is -0.0610. The van der Waals surface area contributed by atoms with Gasteiger partial charge in [0.05, 0.1) is 0 Å². The van der Waals surface area contributed by atoms with Crippen LogP contribution >= 0.6 is 0 Å². The molecule has 0 aliphatic rings. The molecule has 0 fully saturated rings. The Morgan fingerprint density at radius 2 is 2.38 bits per heavy atom. The van der Waals surface area contributed by atoms with Gasteiger partial charge < -0.3 is 15.6 Å². The number of aryl methyl sites for hydroxylation is 1. The molecule has 1 aromatic rings. The van der Waals surface area contributed by atoms with Crippen molar-refractivity contribution in [2.75, 3.05) is 5.32 Å². The normalized spacial score (nSPS) is 12.1. The number of anilines is 1. The van der Waals surface area contributed by atoms with Gasteiger partial charge >= 0.3 is 0 Å². The van der Waals surface area contributed by atoms with Crippen LogP contribution in [-0.2, 0) is 11.3 Å². The second kappa shape index (κ2) is 5.29. The quantitative estimate of drug-likeness (QED) is 0.733. The van der Waals surface area contributed by atoms with E-state index in [2.05, 4.69) is 10.3 Å². The van der Waals surface area contributed by atoms with E-state index >= 15 is 0 Å². The number of rotatable bonds is 5. The summed E-state index contributed by atoms with van der Waals surface area (Å²) in [7, 11) is 0. The zero-order valence-corrected chi connectivity index (χ0v) is 9.43. The van der Waals surface area contributed by atoms with Gasteiger partial charge in [-0.15, -0.1) is 0 Å². The summed E-state index contributed by atoms with van der Waals surface area (Å²) in [5.41, 5.74) is 4.87. The largest absolute Gasteiger partial charge is 0.370 e. The minimum absolute atomic E-state index is 0.169. The fraction of sp³-hybridized carbons (Fsp3) is 0.500. The minimum atomic E-state index is -0.410. The number of nitrogens with zero attached hydrogens (tertiary/aromatic N) is 2. The van der Waals surface area contributed by atoms with Gasteiger partial charge in [0.2, 0.25) is 5.91 Å². The molecule has 1 amide bonds. The van der Waals surface area contributed by atoms with Crippen LogP contribution in [0.2, 0.25) is 0 Å². The average Bonchev–Trinajstić information content (AvgIpc) is 2.20. The Bertz CT molecular complexity index is 427. The molecule has 1 rings (SSSR count). The summed E-state index contributed by atoms with van der Waals surface area (Å²) >= 11 is 0. The summed E-state index contributed by atoms with van der Waals surface area (Å²) < 4.78 is 1.53. The van der Waals surface area contributed by atoms with Crippen LogP contribution in [0.15, 0.2) is 17.2 Å². The predicted molar refractivity (Wildman–Crippen MR) is 61.1 cm³/mol. The van der Waals surface area contributed by atoms with E-state index in [1.807, 2.05) is 6.92 Å². The summed E-state index contributed by atoms with van der Waals surface area (Å²) in [5.74, 6) is -0.162. The Kier molecular flexibility index (Phi) is 4.04. The molecule has 0 aliphatic heterocycles. The highest BCUT2D eigenvalue weighted by Crippen LogP contribution is 1.99. The first-order valence-electron chi connectivity index (χ1n) is 5.15. The van der Waals surface area contributed by atoms with Gasteiger partial charge in [0.1, 0.15) is 0 Å². The molecule has 16 heavy (non-hydrogen) atoms. The number of primary amides is 1. The average molecular weight is 224 g/mol. The van der Waals surface area contributed by atoms with Crippen molar-refractivity contribution in [3.63, 3.8) is 0 Å². The number of nitrogens with two attached hydrogens (primary N) is 1. The zero-order valence-electron chi connectivity index (χ0n) is 9.43. The molecular weight excluding hydrogens is 208 g/mol. The van der Waals surface area contributed by atoms with Gasteiger partial charge in [0.15, 0.2) is 5.82 Å². The molecular formula is C10H16N4O2. The molecule has 1 unspecified atom stereocenters. The molecule has 0 saturated heterocycles. The van der Waals surface area contributed by atoms with Crippen LogP contribution in [0.5, 0.6) is 0 Å². The number of hydrogen-bond acceptors (Lipinski definition) is 4. The maximum Gasteiger partial charge on any atom is 0.293 e. The van der Waals surface area contributed by atoms with E-state index in [1.165, 1.54) is 4.57 Å². The van der Waals surface area contributed by atoms with Crippen molar-refractivity contribution in [3.8, 4) is 0 Å². The standard InChI is InChI=1S/C10H16N4O2/c1-3-14-5-4-12-9(10(14)16)13-7(2)6-8(11)15/h4-5,7H,3,6H2,1-2H3,(H2,11,15)(H,12,13). The monoisotopic (exact) mass is 224 g/mol. The fourth-order valence-corrected chi connectivity index (χ4v) is 1.38. The zero-order chi connectivity index (χ0) is 12.1. The van der Waals surface area contributed by atoms with Gasteiger partial charge in [-0.25, -0.2) is 4.98 Å². The molecule has 0 aliphatic carbocycles. The first-order valence-corrected chi connectivity index (χ1v) is 5.15. The lowest BCUT2D eigenvalue weighted by atomic mass is 10.2. The maximum absolute atomic E-state index is 11.7. The molecule has 0 saturated carbocycles. The number of nitrogens with one attached hydrogen (secondary N) is 1. The fourth-order valence-electron chi connectivity index (χ4n) is 1.38. The number of hydrogen-bond donors (Lipinski definition) is 2. The number of amides is 1. The van der Waals surface area contributed by atoms with Gasteiger partial charge in [-0.2, -0.15) is 0 Å². The van der Waals surface area contributed by atoms with Crippen LogP contribution in [0, 0.1) is 0 Å². The number of carbonyl (C=O) groups is 1. The minimum Gasteiger partial charge on any atom is -0.370 e. The smallest absolute Gasteiger partial charge is 0.293 e. The summed E-state index contributed by atoms with van der Waals surface area (Å²) in [6.45, 7) is 4.23. The van der Waals surface area contributed by atoms with E-state index in [-0.39, 0.29) is 23.8 Å². The molecule has 0 spiro atoms. The van der Waals surface area contributed by atoms with E-state index in [4.69, 9.17) is 5.73 Å². The van der Waals surface area contributed by atoms with Crippen molar-refractivity contribution >= 4 is 11.7 Å². The van der Waals surface area contributed by atoms with Crippen LogP contribution in [0.4, 0.5) is 5.82 Å². The van der Waals surface area contributed by atoms with E-state index in [0.29, 0.717) is 6.54 Å². The van der Waals surface area contributed by atoms with Crippen LogP contribution in [0.1, 0.15) is 20.3 Å². The Balaban J connectivity index is 2.81. The van der Waals surface area contributed by atoms with Gasteiger partial charge in [-0.3, -0.25) is 9.59 Å². The van der Waals surface area contributed by atoms with E-state index < -0.39 is 5.91 Å². The van der Waals surface area contributed by atoms with Crippen molar-refractivity contribution < 1.29 is 4.79 Å². The van der Waals surface area contributed by atoms with Gasteiger partial charge in [-0.05, 0) is 13.8 Å². The van der Waals surface area contributed by atoms with E-state index in [1.54, 1.807) is 19.3 Å². The number of aromatic nitrogens is 2. The molecule has 3 N–H and O–H groups in total. The first kappa shape index (κ1) is 12.2. The Hall–Kier alpha value is -1.85. The van der Waals surface area contributed by atoms with E-state index in [9.17, 15) is 9.59 Å².